The largest absolute Gasteiger partial charge is 0.381 e. The third-order valence-corrected chi connectivity index (χ3v) is 5.73. The molecule has 2 aromatic heterocycles. The van der Waals surface area contributed by atoms with Crippen molar-refractivity contribution in [1.29, 1.82) is 0 Å². The Bertz CT molecular complexity index is 831. The maximum atomic E-state index is 6.43. The van der Waals surface area contributed by atoms with Crippen LogP contribution in [0.1, 0.15) is 23.8 Å². The molecule has 0 unspecified atom stereocenters. The van der Waals surface area contributed by atoms with E-state index in [1.54, 1.807) is 23.9 Å². The summed E-state index contributed by atoms with van der Waals surface area (Å²) in [5.41, 5.74) is 2.74. The number of benzene rings is 1. The van der Waals surface area contributed by atoms with E-state index in [0.29, 0.717) is 10.9 Å². The van der Waals surface area contributed by atoms with Gasteiger partial charge in [-0.25, -0.2) is 15.0 Å². The molecule has 4 rings (SSSR count). The third-order valence-electron chi connectivity index (χ3n) is 4.16. The first-order valence-corrected chi connectivity index (χ1v) is 9.12. The second kappa shape index (κ2) is 6.97. The first kappa shape index (κ1) is 15.7. The molecule has 1 aromatic carbocycles. The molecule has 0 aliphatic carbocycles. The van der Waals surface area contributed by atoms with E-state index in [2.05, 4.69) is 9.97 Å². The third kappa shape index (κ3) is 3.07. The maximum absolute atomic E-state index is 6.43. The Balaban J connectivity index is 1.84. The van der Waals surface area contributed by atoms with E-state index >= 15 is 0 Å². The Hall–Kier alpha value is -1.82. The molecule has 3 heterocycles. The SMILES string of the molecule is Clc1ccccc1-c1nc(C2CCOCC2)sc1-c1ccncn1. The molecule has 0 N–H and O–H groups in total. The number of hydrogen-bond acceptors (Lipinski definition) is 5. The zero-order valence-corrected chi connectivity index (χ0v) is 14.6. The van der Waals surface area contributed by atoms with Crippen LogP contribution in [-0.2, 0) is 4.74 Å². The minimum Gasteiger partial charge on any atom is -0.381 e. The van der Waals surface area contributed by atoms with Crippen molar-refractivity contribution in [2.75, 3.05) is 13.2 Å². The molecule has 3 aromatic rings. The lowest BCUT2D eigenvalue weighted by Crippen LogP contribution is -2.13. The van der Waals surface area contributed by atoms with Gasteiger partial charge in [-0.1, -0.05) is 29.8 Å². The van der Waals surface area contributed by atoms with Crippen LogP contribution in [0.4, 0.5) is 0 Å². The minimum atomic E-state index is 0.445. The van der Waals surface area contributed by atoms with E-state index in [9.17, 15) is 0 Å². The fourth-order valence-corrected chi connectivity index (χ4v) is 4.34. The molecule has 0 radical (unpaired) electrons. The second-order valence-corrected chi connectivity index (χ2v) is 7.13. The van der Waals surface area contributed by atoms with Gasteiger partial charge in [0.15, 0.2) is 0 Å². The van der Waals surface area contributed by atoms with Crippen LogP contribution in [0.2, 0.25) is 5.02 Å². The van der Waals surface area contributed by atoms with Crippen molar-refractivity contribution < 1.29 is 4.74 Å². The van der Waals surface area contributed by atoms with E-state index in [4.69, 9.17) is 21.3 Å². The Morgan fingerprint density at radius 1 is 1.12 bits per heavy atom. The molecule has 0 amide bonds. The van der Waals surface area contributed by atoms with Gasteiger partial charge in [0.1, 0.15) is 6.33 Å². The molecule has 0 bridgehead atoms. The first-order chi connectivity index (χ1) is 11.8. The van der Waals surface area contributed by atoms with Gasteiger partial charge in [0, 0.05) is 30.9 Å². The maximum Gasteiger partial charge on any atom is 0.116 e. The number of thiazole rings is 1. The number of aromatic nitrogens is 3. The zero-order chi connectivity index (χ0) is 16.4. The summed E-state index contributed by atoms with van der Waals surface area (Å²) in [4.78, 5) is 14.4. The molecule has 0 saturated carbocycles. The van der Waals surface area contributed by atoms with E-state index < -0.39 is 0 Å². The fraction of sp³-hybridized carbons (Fsp3) is 0.278. The number of nitrogens with zero attached hydrogens (tertiary/aromatic N) is 3. The standard InChI is InChI=1S/C18H16ClN3OS/c19-14-4-2-1-3-13(14)16-17(15-5-8-20-11-21-15)24-18(22-16)12-6-9-23-10-7-12/h1-5,8,11-12H,6-7,9-10H2. The molecule has 6 heteroatoms. The lowest BCUT2D eigenvalue weighted by molar-refractivity contribution is 0.0853. The molecule has 1 aliphatic heterocycles. The molecule has 1 fully saturated rings. The quantitative estimate of drug-likeness (QED) is 0.674. The highest BCUT2D eigenvalue weighted by molar-refractivity contribution is 7.15. The van der Waals surface area contributed by atoms with E-state index in [1.807, 2.05) is 30.3 Å². The van der Waals surface area contributed by atoms with Crippen LogP contribution in [0, 0.1) is 0 Å². The van der Waals surface area contributed by atoms with Crippen molar-refractivity contribution >= 4 is 22.9 Å². The molecule has 4 nitrogen and oxygen atoms in total. The van der Waals surface area contributed by atoms with Crippen molar-refractivity contribution in [2.45, 2.75) is 18.8 Å². The summed E-state index contributed by atoms with van der Waals surface area (Å²) < 4.78 is 5.48. The number of ether oxygens (including phenoxy) is 1. The number of hydrogen-bond donors (Lipinski definition) is 0. The Kier molecular flexibility index (Phi) is 4.56. The van der Waals surface area contributed by atoms with Gasteiger partial charge in [-0.2, -0.15) is 0 Å². The summed E-state index contributed by atoms with van der Waals surface area (Å²) in [7, 11) is 0. The van der Waals surface area contributed by atoms with Crippen molar-refractivity contribution in [1.82, 2.24) is 15.0 Å². The molecular weight excluding hydrogens is 342 g/mol. The number of halogens is 1. The van der Waals surface area contributed by atoms with Crippen LogP contribution in [0.5, 0.6) is 0 Å². The van der Waals surface area contributed by atoms with Gasteiger partial charge in [0.25, 0.3) is 0 Å². The summed E-state index contributed by atoms with van der Waals surface area (Å²) in [5, 5.41) is 1.85. The van der Waals surface area contributed by atoms with E-state index in [0.717, 1.165) is 52.9 Å². The molecular formula is C18H16ClN3OS. The monoisotopic (exact) mass is 357 g/mol. The Labute approximate surface area is 149 Å². The smallest absolute Gasteiger partial charge is 0.116 e. The zero-order valence-electron chi connectivity index (χ0n) is 13.0. The molecule has 24 heavy (non-hydrogen) atoms. The normalized spacial score (nSPS) is 15.5. The highest BCUT2D eigenvalue weighted by Gasteiger charge is 2.24. The van der Waals surface area contributed by atoms with Crippen LogP contribution in [-0.4, -0.2) is 28.2 Å². The lowest BCUT2D eigenvalue weighted by Gasteiger charge is -2.19. The molecule has 1 saturated heterocycles. The van der Waals surface area contributed by atoms with Crippen molar-refractivity contribution in [3.63, 3.8) is 0 Å². The predicted octanol–water partition coefficient (Wildman–Crippen LogP) is 4.81. The van der Waals surface area contributed by atoms with E-state index in [1.165, 1.54) is 0 Å². The van der Waals surface area contributed by atoms with Crippen LogP contribution >= 0.6 is 22.9 Å². The van der Waals surface area contributed by atoms with Crippen molar-refractivity contribution in [3.05, 3.63) is 52.9 Å². The fourth-order valence-electron chi connectivity index (χ4n) is 2.89. The molecule has 0 spiro atoms. The summed E-state index contributed by atoms with van der Waals surface area (Å²) >= 11 is 8.13. The van der Waals surface area contributed by atoms with Gasteiger partial charge < -0.3 is 4.74 Å². The molecule has 0 atom stereocenters. The Morgan fingerprint density at radius 2 is 1.96 bits per heavy atom. The Morgan fingerprint density at radius 3 is 2.71 bits per heavy atom. The van der Waals surface area contributed by atoms with Crippen LogP contribution in [0.25, 0.3) is 21.8 Å². The average Bonchev–Trinajstić information content (AvgIpc) is 3.09. The highest BCUT2D eigenvalue weighted by Crippen LogP contribution is 2.42. The van der Waals surface area contributed by atoms with Crippen LogP contribution < -0.4 is 0 Å². The molecule has 122 valence electrons. The van der Waals surface area contributed by atoms with Gasteiger partial charge in [0.05, 0.1) is 26.3 Å². The summed E-state index contributed by atoms with van der Waals surface area (Å²) in [6.45, 7) is 1.60. The number of rotatable bonds is 3. The van der Waals surface area contributed by atoms with Gasteiger partial charge in [-0.15, -0.1) is 11.3 Å². The second-order valence-electron chi connectivity index (χ2n) is 5.69. The van der Waals surface area contributed by atoms with Gasteiger partial charge >= 0.3 is 0 Å². The summed E-state index contributed by atoms with van der Waals surface area (Å²) in [6, 6.07) is 9.74. The predicted molar refractivity (Wildman–Crippen MR) is 96.4 cm³/mol. The highest BCUT2D eigenvalue weighted by atomic mass is 35.5. The summed E-state index contributed by atoms with van der Waals surface area (Å²) in [6.07, 6.45) is 5.35. The topological polar surface area (TPSA) is 47.9 Å². The first-order valence-electron chi connectivity index (χ1n) is 7.92. The van der Waals surface area contributed by atoms with Gasteiger partial charge in [-0.05, 0) is 25.0 Å². The lowest BCUT2D eigenvalue weighted by atomic mass is 10.0. The van der Waals surface area contributed by atoms with Crippen LogP contribution in [0.3, 0.4) is 0 Å². The van der Waals surface area contributed by atoms with Gasteiger partial charge in [0.2, 0.25) is 0 Å². The minimum absolute atomic E-state index is 0.445. The average molecular weight is 358 g/mol. The molecule has 1 aliphatic rings. The van der Waals surface area contributed by atoms with Crippen LogP contribution in [0.15, 0.2) is 42.9 Å². The van der Waals surface area contributed by atoms with E-state index in [-0.39, 0.29) is 0 Å². The van der Waals surface area contributed by atoms with Gasteiger partial charge in [-0.3, -0.25) is 0 Å². The van der Waals surface area contributed by atoms with Crippen molar-refractivity contribution in [3.8, 4) is 21.8 Å². The van der Waals surface area contributed by atoms with Crippen molar-refractivity contribution in [2.24, 2.45) is 0 Å². The summed E-state index contributed by atoms with van der Waals surface area (Å²) in [5.74, 6) is 0.445.